The topological polar surface area (TPSA) is 54.0 Å². The van der Waals surface area contributed by atoms with Gasteiger partial charge >= 0.3 is 6.16 Å². The van der Waals surface area contributed by atoms with Crippen molar-refractivity contribution in [1.82, 2.24) is 0 Å². The Bertz CT molecular complexity index is 161. The third kappa shape index (κ3) is 2.89. The lowest BCUT2D eigenvalue weighted by Crippen LogP contribution is -2.20. The van der Waals surface area contributed by atoms with Crippen LogP contribution in [-0.2, 0) is 18.9 Å². The quantitative estimate of drug-likeness (QED) is 0.464. The highest BCUT2D eigenvalue weighted by atomic mass is 16.7. The highest BCUT2D eigenvalue weighted by Gasteiger charge is 2.18. The van der Waals surface area contributed by atoms with Crippen LogP contribution in [0.25, 0.3) is 0 Å². The molecule has 1 aliphatic heterocycles. The minimum absolute atomic E-state index is 0.146. The molecular weight excluding hydrogens is 164 g/mol. The molecule has 0 unspecified atom stereocenters. The highest BCUT2D eigenvalue weighted by molar-refractivity contribution is 5.60. The molecule has 0 bridgehead atoms. The van der Waals surface area contributed by atoms with E-state index in [0.29, 0.717) is 6.61 Å². The molecule has 0 aromatic heterocycles. The molecule has 12 heavy (non-hydrogen) atoms. The Morgan fingerprint density at radius 3 is 3.17 bits per heavy atom. The number of carbonyl (C=O) groups is 1. The summed E-state index contributed by atoms with van der Waals surface area (Å²) in [5, 5.41) is 0. The third-order valence-corrected chi connectivity index (χ3v) is 1.26. The zero-order valence-electron chi connectivity index (χ0n) is 6.52. The van der Waals surface area contributed by atoms with E-state index in [4.69, 9.17) is 9.47 Å². The van der Waals surface area contributed by atoms with E-state index in [1.807, 2.05) is 0 Å². The molecule has 0 aromatic carbocycles. The smallest absolute Gasteiger partial charge is 0.431 e. The number of hydrogen-bond donors (Lipinski definition) is 0. The minimum atomic E-state index is -0.777. The molecule has 1 aliphatic rings. The van der Waals surface area contributed by atoms with Gasteiger partial charge in [0.15, 0.2) is 0 Å². The van der Waals surface area contributed by atoms with Crippen LogP contribution in [0.5, 0.6) is 0 Å². The first kappa shape index (κ1) is 9.02. The maximum atomic E-state index is 10.6. The van der Waals surface area contributed by atoms with Gasteiger partial charge in [-0.25, -0.2) is 4.79 Å². The predicted molar refractivity (Wildman–Crippen MR) is 38.3 cm³/mol. The Labute approximate surface area is 69.8 Å². The van der Waals surface area contributed by atoms with E-state index >= 15 is 0 Å². The van der Waals surface area contributed by atoms with Crippen molar-refractivity contribution in [2.24, 2.45) is 0 Å². The molecule has 0 radical (unpaired) electrons. The van der Waals surface area contributed by atoms with Gasteiger partial charge in [-0.1, -0.05) is 6.58 Å². The van der Waals surface area contributed by atoms with E-state index in [0.717, 1.165) is 6.26 Å². The Balaban J connectivity index is 2.07. The normalized spacial score (nSPS) is 21.8. The number of ether oxygens (including phenoxy) is 4. The Hall–Kier alpha value is -1.07. The molecule has 1 saturated heterocycles. The summed E-state index contributed by atoms with van der Waals surface area (Å²) in [5.41, 5.74) is 0. The SMILES string of the molecule is C=COC(=O)OC[C@@H]1COCO1. The summed E-state index contributed by atoms with van der Waals surface area (Å²) in [4.78, 5) is 10.6. The van der Waals surface area contributed by atoms with Gasteiger partial charge in [-0.05, 0) is 0 Å². The molecule has 1 heterocycles. The van der Waals surface area contributed by atoms with Gasteiger partial charge in [0.1, 0.15) is 19.5 Å². The molecule has 0 amide bonds. The van der Waals surface area contributed by atoms with Crippen LogP contribution in [0.3, 0.4) is 0 Å². The fraction of sp³-hybridized carbons (Fsp3) is 0.571. The molecular formula is C7H10O5. The van der Waals surface area contributed by atoms with Crippen LogP contribution in [0.1, 0.15) is 0 Å². The molecule has 0 saturated carbocycles. The minimum Gasteiger partial charge on any atom is -0.431 e. The van der Waals surface area contributed by atoms with E-state index in [9.17, 15) is 4.79 Å². The first-order chi connectivity index (χ1) is 5.83. The monoisotopic (exact) mass is 174 g/mol. The van der Waals surface area contributed by atoms with Gasteiger partial charge in [-0.2, -0.15) is 0 Å². The Morgan fingerprint density at radius 1 is 1.75 bits per heavy atom. The van der Waals surface area contributed by atoms with Gasteiger partial charge in [0.05, 0.1) is 12.9 Å². The molecule has 68 valence electrons. The van der Waals surface area contributed by atoms with E-state index in [-0.39, 0.29) is 19.5 Å². The summed E-state index contributed by atoms with van der Waals surface area (Å²) >= 11 is 0. The van der Waals surface area contributed by atoms with E-state index in [1.54, 1.807) is 0 Å². The fourth-order valence-corrected chi connectivity index (χ4v) is 0.731. The van der Waals surface area contributed by atoms with E-state index in [2.05, 4.69) is 16.1 Å². The molecule has 0 spiro atoms. The summed E-state index contributed by atoms with van der Waals surface area (Å²) < 4.78 is 18.8. The lowest BCUT2D eigenvalue weighted by molar-refractivity contribution is 0.00970. The fourth-order valence-electron chi connectivity index (χ4n) is 0.731. The lowest BCUT2D eigenvalue weighted by Gasteiger charge is -2.06. The molecule has 1 rings (SSSR count). The van der Waals surface area contributed by atoms with Crippen LogP contribution in [-0.4, -0.2) is 32.3 Å². The molecule has 1 fully saturated rings. The average molecular weight is 174 g/mol. The van der Waals surface area contributed by atoms with Crippen LogP contribution in [0.15, 0.2) is 12.8 Å². The number of rotatable bonds is 3. The Morgan fingerprint density at radius 2 is 2.58 bits per heavy atom. The van der Waals surface area contributed by atoms with Gasteiger partial charge in [-0.15, -0.1) is 0 Å². The largest absolute Gasteiger partial charge is 0.513 e. The van der Waals surface area contributed by atoms with Crippen molar-refractivity contribution in [1.29, 1.82) is 0 Å². The van der Waals surface area contributed by atoms with Crippen LogP contribution in [0.2, 0.25) is 0 Å². The first-order valence-corrected chi connectivity index (χ1v) is 3.46. The van der Waals surface area contributed by atoms with Gasteiger partial charge in [0.2, 0.25) is 0 Å². The zero-order valence-corrected chi connectivity index (χ0v) is 6.52. The van der Waals surface area contributed by atoms with Crippen LogP contribution >= 0.6 is 0 Å². The molecule has 1 atom stereocenters. The summed E-state index contributed by atoms with van der Waals surface area (Å²) in [7, 11) is 0. The second-order valence-electron chi connectivity index (χ2n) is 2.12. The average Bonchev–Trinajstić information content (AvgIpc) is 2.53. The van der Waals surface area contributed by atoms with Crippen molar-refractivity contribution < 1.29 is 23.7 Å². The number of hydrogen-bond acceptors (Lipinski definition) is 5. The van der Waals surface area contributed by atoms with Gasteiger partial charge in [-0.3, -0.25) is 0 Å². The highest BCUT2D eigenvalue weighted by Crippen LogP contribution is 2.03. The van der Waals surface area contributed by atoms with Crippen LogP contribution in [0, 0.1) is 0 Å². The first-order valence-electron chi connectivity index (χ1n) is 3.46. The molecule has 5 nitrogen and oxygen atoms in total. The van der Waals surface area contributed by atoms with Crippen LogP contribution in [0.4, 0.5) is 4.79 Å². The van der Waals surface area contributed by atoms with Crippen LogP contribution < -0.4 is 0 Å². The maximum absolute atomic E-state index is 10.6. The van der Waals surface area contributed by atoms with Crippen molar-refractivity contribution in [3.8, 4) is 0 Å². The van der Waals surface area contributed by atoms with E-state index in [1.165, 1.54) is 0 Å². The second-order valence-corrected chi connectivity index (χ2v) is 2.12. The van der Waals surface area contributed by atoms with E-state index < -0.39 is 6.16 Å². The predicted octanol–water partition coefficient (Wildman–Crippen LogP) is 0.656. The molecule has 0 aromatic rings. The summed E-state index contributed by atoms with van der Waals surface area (Å²) in [5.74, 6) is 0. The third-order valence-electron chi connectivity index (χ3n) is 1.26. The molecule has 0 aliphatic carbocycles. The molecule has 0 N–H and O–H groups in total. The summed E-state index contributed by atoms with van der Waals surface area (Å²) in [6.07, 6.45) is 0.0526. The summed E-state index contributed by atoms with van der Waals surface area (Å²) in [6.45, 7) is 4.05. The van der Waals surface area contributed by atoms with Crippen molar-refractivity contribution in [2.75, 3.05) is 20.0 Å². The zero-order chi connectivity index (χ0) is 8.81. The Kier molecular flexibility index (Phi) is 3.56. The lowest BCUT2D eigenvalue weighted by atomic mass is 10.4. The second kappa shape index (κ2) is 4.74. The number of carbonyl (C=O) groups excluding carboxylic acids is 1. The van der Waals surface area contributed by atoms with Crippen molar-refractivity contribution >= 4 is 6.16 Å². The molecule has 5 heteroatoms. The summed E-state index contributed by atoms with van der Waals surface area (Å²) in [6, 6.07) is 0. The van der Waals surface area contributed by atoms with Gasteiger partial charge in [0, 0.05) is 0 Å². The van der Waals surface area contributed by atoms with Crippen molar-refractivity contribution in [3.63, 3.8) is 0 Å². The van der Waals surface area contributed by atoms with Gasteiger partial charge in [0.25, 0.3) is 0 Å². The maximum Gasteiger partial charge on any atom is 0.513 e. The van der Waals surface area contributed by atoms with Crippen molar-refractivity contribution in [2.45, 2.75) is 6.10 Å². The van der Waals surface area contributed by atoms with Gasteiger partial charge < -0.3 is 18.9 Å². The van der Waals surface area contributed by atoms with Crippen molar-refractivity contribution in [3.05, 3.63) is 12.8 Å². The standard InChI is InChI=1S/C7H10O5/c1-2-10-7(8)11-4-6-3-9-5-12-6/h2,6H,1,3-5H2/t6-/m0/s1.